The number of aliphatic hydroxyl groups is 1. The molecule has 4 heteroatoms. The monoisotopic (exact) mass is 140 g/mol. The highest BCUT2D eigenvalue weighted by molar-refractivity contribution is 5.00. The van der Waals surface area contributed by atoms with Gasteiger partial charge < -0.3 is 5.11 Å². The molecule has 0 heterocycles. The summed E-state index contributed by atoms with van der Waals surface area (Å²) in [7, 11) is 0. The maximum absolute atomic E-state index is 11.4. The van der Waals surface area contributed by atoms with E-state index in [1.807, 2.05) is 0 Å². The van der Waals surface area contributed by atoms with Crippen LogP contribution >= 0.6 is 0 Å². The quantitative estimate of drug-likeness (QED) is 0.547. The number of hydrogen-bond acceptors (Lipinski definition) is 1. The molecule has 0 saturated carbocycles. The molecule has 1 N–H and O–H groups in total. The summed E-state index contributed by atoms with van der Waals surface area (Å²) in [5.74, 6) is 0. The first kappa shape index (κ1) is 8.49. The van der Waals surface area contributed by atoms with Crippen LogP contribution in [0.2, 0.25) is 0 Å². The minimum Gasteiger partial charge on any atom is -0.379 e. The van der Waals surface area contributed by atoms with Crippen LogP contribution in [0, 0.1) is 0 Å². The van der Waals surface area contributed by atoms with Gasteiger partial charge in [-0.05, 0) is 12.5 Å². The normalized spacial score (nSPS) is 15.2. The Labute approximate surface area is 50.8 Å². The predicted molar refractivity (Wildman–Crippen MR) is 26.9 cm³/mol. The topological polar surface area (TPSA) is 20.2 Å². The van der Waals surface area contributed by atoms with Gasteiger partial charge in [0.25, 0.3) is 0 Å². The van der Waals surface area contributed by atoms with E-state index in [1.165, 1.54) is 0 Å². The van der Waals surface area contributed by atoms with E-state index in [0.717, 1.165) is 6.92 Å². The number of aliphatic hydroxyl groups excluding tert-OH is 1. The van der Waals surface area contributed by atoms with Crippen molar-refractivity contribution in [2.75, 3.05) is 0 Å². The summed E-state index contributed by atoms with van der Waals surface area (Å²) in [6, 6.07) is 0. The zero-order valence-electron chi connectivity index (χ0n) is 4.87. The first-order valence-corrected chi connectivity index (χ1v) is 2.26. The second-order valence-corrected chi connectivity index (χ2v) is 1.79. The Morgan fingerprint density at radius 2 is 1.89 bits per heavy atom. The number of hydrogen-bond donors (Lipinski definition) is 1. The molecular weight excluding hydrogens is 133 g/mol. The summed E-state index contributed by atoms with van der Waals surface area (Å²) < 4.78 is 34.2. The van der Waals surface area contributed by atoms with Gasteiger partial charge in [0.05, 0.1) is 0 Å². The predicted octanol–water partition coefficient (Wildman–Crippen LogP) is 1.49. The summed E-state index contributed by atoms with van der Waals surface area (Å²) in [6.45, 7) is 4.07. The van der Waals surface area contributed by atoms with Crippen LogP contribution in [0.5, 0.6) is 0 Å². The minimum absolute atomic E-state index is 0.289. The van der Waals surface area contributed by atoms with Gasteiger partial charge in [-0.3, -0.25) is 0 Å². The molecule has 0 bridgehead atoms. The molecule has 0 unspecified atom stereocenters. The van der Waals surface area contributed by atoms with Crippen LogP contribution in [0.3, 0.4) is 0 Å². The van der Waals surface area contributed by atoms with Gasteiger partial charge in [-0.2, -0.15) is 13.2 Å². The Bertz CT molecular complexity index is 116. The molecule has 0 aromatic carbocycles. The van der Waals surface area contributed by atoms with E-state index in [1.54, 1.807) is 0 Å². The molecule has 0 aliphatic rings. The molecule has 0 aromatic heterocycles. The van der Waals surface area contributed by atoms with Gasteiger partial charge in [0.2, 0.25) is 0 Å². The van der Waals surface area contributed by atoms with Crippen molar-refractivity contribution >= 4 is 0 Å². The van der Waals surface area contributed by atoms with Crippen molar-refractivity contribution < 1.29 is 18.3 Å². The Morgan fingerprint density at radius 1 is 1.56 bits per heavy atom. The minimum atomic E-state index is -4.56. The lowest BCUT2D eigenvalue weighted by Gasteiger charge is -2.13. The summed E-state index contributed by atoms with van der Waals surface area (Å²) in [5, 5.41) is 8.24. The third-order valence-corrected chi connectivity index (χ3v) is 0.777. The van der Waals surface area contributed by atoms with Crippen LogP contribution in [0.15, 0.2) is 12.2 Å². The summed E-state index contributed by atoms with van der Waals surface area (Å²) in [6.07, 6.45) is -6.94. The molecule has 1 nitrogen and oxygen atoms in total. The Kier molecular flexibility index (Phi) is 2.25. The van der Waals surface area contributed by atoms with Crippen LogP contribution in [-0.4, -0.2) is 17.4 Å². The summed E-state index contributed by atoms with van der Waals surface area (Å²) >= 11 is 0. The second kappa shape index (κ2) is 2.39. The van der Waals surface area contributed by atoms with Crippen molar-refractivity contribution in [3.8, 4) is 0 Å². The molecule has 0 radical (unpaired) electrons. The van der Waals surface area contributed by atoms with E-state index in [-0.39, 0.29) is 5.57 Å². The van der Waals surface area contributed by atoms with Gasteiger partial charge >= 0.3 is 6.18 Å². The van der Waals surface area contributed by atoms with Crippen molar-refractivity contribution in [1.82, 2.24) is 0 Å². The van der Waals surface area contributed by atoms with E-state index in [9.17, 15) is 13.2 Å². The molecule has 54 valence electrons. The summed E-state index contributed by atoms with van der Waals surface area (Å²) in [4.78, 5) is 0. The average molecular weight is 140 g/mol. The van der Waals surface area contributed by atoms with Crippen LogP contribution < -0.4 is 0 Å². The van der Waals surface area contributed by atoms with E-state index < -0.39 is 12.3 Å². The zero-order chi connectivity index (χ0) is 7.65. The molecule has 0 aromatic rings. The second-order valence-electron chi connectivity index (χ2n) is 1.79. The van der Waals surface area contributed by atoms with Gasteiger partial charge in [-0.1, -0.05) is 6.58 Å². The zero-order valence-corrected chi connectivity index (χ0v) is 4.87. The lowest BCUT2D eigenvalue weighted by atomic mass is 10.2. The van der Waals surface area contributed by atoms with E-state index in [2.05, 4.69) is 6.58 Å². The SMILES string of the molecule is C=C(C)[C@@H](O)C(F)(F)F. The highest BCUT2D eigenvalue weighted by Crippen LogP contribution is 2.23. The summed E-state index contributed by atoms with van der Waals surface area (Å²) in [5.41, 5.74) is -0.289. The molecule has 0 aliphatic heterocycles. The fourth-order valence-corrected chi connectivity index (χ4v) is 0.279. The van der Waals surface area contributed by atoms with Gasteiger partial charge in [0, 0.05) is 0 Å². The third-order valence-electron chi connectivity index (χ3n) is 0.777. The Balaban J connectivity index is 4.04. The fourth-order valence-electron chi connectivity index (χ4n) is 0.279. The molecule has 1 atom stereocenters. The van der Waals surface area contributed by atoms with Gasteiger partial charge in [0.15, 0.2) is 6.10 Å². The molecule has 0 fully saturated rings. The number of halogens is 3. The first-order chi connectivity index (χ1) is 3.85. The molecule has 0 rings (SSSR count). The van der Waals surface area contributed by atoms with Crippen molar-refractivity contribution in [3.63, 3.8) is 0 Å². The van der Waals surface area contributed by atoms with Gasteiger partial charge in [0.1, 0.15) is 0 Å². The lowest BCUT2D eigenvalue weighted by molar-refractivity contribution is -0.191. The highest BCUT2D eigenvalue weighted by Gasteiger charge is 2.38. The maximum atomic E-state index is 11.4. The van der Waals surface area contributed by atoms with Crippen LogP contribution in [0.25, 0.3) is 0 Å². The van der Waals surface area contributed by atoms with Crippen LogP contribution in [0.1, 0.15) is 6.92 Å². The van der Waals surface area contributed by atoms with Gasteiger partial charge in [-0.25, -0.2) is 0 Å². The smallest absolute Gasteiger partial charge is 0.379 e. The standard InChI is InChI=1S/C5H7F3O/c1-3(2)4(9)5(6,7)8/h4,9H,1H2,2H3/t4-/m1/s1. The fraction of sp³-hybridized carbons (Fsp3) is 0.600. The van der Waals surface area contributed by atoms with Crippen molar-refractivity contribution in [2.24, 2.45) is 0 Å². The Hall–Kier alpha value is -0.510. The first-order valence-electron chi connectivity index (χ1n) is 2.26. The van der Waals surface area contributed by atoms with E-state index in [0.29, 0.717) is 0 Å². The van der Waals surface area contributed by atoms with E-state index in [4.69, 9.17) is 5.11 Å². The number of rotatable bonds is 1. The molecule has 0 amide bonds. The van der Waals surface area contributed by atoms with Crippen molar-refractivity contribution in [2.45, 2.75) is 19.2 Å². The van der Waals surface area contributed by atoms with Crippen LogP contribution in [0.4, 0.5) is 13.2 Å². The third kappa shape index (κ3) is 2.51. The molecule has 0 spiro atoms. The molecule has 0 aliphatic carbocycles. The Morgan fingerprint density at radius 3 is 1.89 bits per heavy atom. The number of alkyl halides is 3. The maximum Gasteiger partial charge on any atom is 0.418 e. The van der Waals surface area contributed by atoms with Crippen molar-refractivity contribution in [1.29, 1.82) is 0 Å². The highest BCUT2D eigenvalue weighted by atomic mass is 19.4. The van der Waals surface area contributed by atoms with E-state index >= 15 is 0 Å². The largest absolute Gasteiger partial charge is 0.418 e. The van der Waals surface area contributed by atoms with Crippen molar-refractivity contribution in [3.05, 3.63) is 12.2 Å². The van der Waals surface area contributed by atoms with Crippen LogP contribution in [-0.2, 0) is 0 Å². The lowest BCUT2D eigenvalue weighted by Crippen LogP contribution is -2.28. The molecule has 0 saturated heterocycles. The van der Waals surface area contributed by atoms with Gasteiger partial charge in [-0.15, -0.1) is 0 Å². The average Bonchev–Trinajstić information content (AvgIpc) is 1.62. The molecular formula is C5H7F3O. The molecule has 9 heavy (non-hydrogen) atoms.